The van der Waals surface area contributed by atoms with Crippen LogP contribution in [0.25, 0.3) is 0 Å². The monoisotopic (exact) mass is 279 g/mol. The summed E-state index contributed by atoms with van der Waals surface area (Å²) in [7, 11) is 1.39. The van der Waals surface area contributed by atoms with Gasteiger partial charge in [0.2, 0.25) is 0 Å². The van der Waals surface area contributed by atoms with E-state index in [1.165, 1.54) is 25.3 Å². The van der Waals surface area contributed by atoms with Gasteiger partial charge in [0.25, 0.3) is 11.6 Å². The van der Waals surface area contributed by atoms with Crippen molar-refractivity contribution in [3.8, 4) is 5.75 Å². The van der Waals surface area contributed by atoms with E-state index >= 15 is 0 Å². The zero-order valence-electron chi connectivity index (χ0n) is 11.2. The number of carbonyl (C=O) groups excluding carboxylic acids is 1. The van der Waals surface area contributed by atoms with E-state index in [1.54, 1.807) is 0 Å². The molecule has 1 aromatic rings. The molecule has 1 amide bonds. The van der Waals surface area contributed by atoms with E-state index in [4.69, 9.17) is 4.74 Å². The average Bonchev–Trinajstić information content (AvgIpc) is 2.97. The highest BCUT2D eigenvalue weighted by atomic mass is 16.6. The van der Waals surface area contributed by atoms with Crippen molar-refractivity contribution in [1.82, 2.24) is 10.6 Å². The van der Waals surface area contributed by atoms with Crippen LogP contribution in [-0.2, 0) is 0 Å². The standard InChI is InChI=1S/C13H17N3O4/c1-20-12-6-10(16(18)19)2-3-11(12)13(17)15-8-9-4-5-14-7-9/h2-3,6,9,14H,4-5,7-8H2,1H3,(H,15,17). The van der Waals surface area contributed by atoms with Crippen LogP contribution in [0.15, 0.2) is 18.2 Å². The van der Waals surface area contributed by atoms with Gasteiger partial charge in [-0.3, -0.25) is 14.9 Å². The zero-order valence-corrected chi connectivity index (χ0v) is 11.2. The lowest BCUT2D eigenvalue weighted by Gasteiger charge is -2.12. The molecule has 1 fully saturated rings. The van der Waals surface area contributed by atoms with Gasteiger partial charge in [0.15, 0.2) is 0 Å². The molecule has 1 unspecified atom stereocenters. The van der Waals surface area contributed by atoms with Crippen LogP contribution in [0.5, 0.6) is 5.75 Å². The number of nitro benzene ring substituents is 1. The first-order valence-corrected chi connectivity index (χ1v) is 6.43. The Hall–Kier alpha value is -2.15. The number of hydrogen-bond acceptors (Lipinski definition) is 5. The van der Waals surface area contributed by atoms with Crippen LogP contribution in [-0.4, -0.2) is 37.6 Å². The number of nitrogens with zero attached hydrogens (tertiary/aromatic N) is 1. The Balaban J connectivity index is 2.06. The third-order valence-corrected chi connectivity index (χ3v) is 3.35. The fourth-order valence-electron chi connectivity index (χ4n) is 2.20. The van der Waals surface area contributed by atoms with Crippen molar-refractivity contribution in [3.63, 3.8) is 0 Å². The van der Waals surface area contributed by atoms with Gasteiger partial charge in [-0.05, 0) is 31.5 Å². The Bertz CT molecular complexity index is 512. The normalized spacial score (nSPS) is 17.8. The van der Waals surface area contributed by atoms with Gasteiger partial charge in [0, 0.05) is 12.6 Å². The summed E-state index contributed by atoms with van der Waals surface area (Å²) in [5.74, 6) is 0.368. The van der Waals surface area contributed by atoms with E-state index in [0.717, 1.165) is 19.5 Å². The highest BCUT2D eigenvalue weighted by Gasteiger charge is 2.19. The third kappa shape index (κ3) is 3.24. The van der Waals surface area contributed by atoms with E-state index in [2.05, 4.69) is 10.6 Å². The van der Waals surface area contributed by atoms with Crippen LogP contribution in [0.2, 0.25) is 0 Å². The number of carbonyl (C=O) groups is 1. The summed E-state index contributed by atoms with van der Waals surface area (Å²) >= 11 is 0. The van der Waals surface area contributed by atoms with Crippen LogP contribution in [0, 0.1) is 16.0 Å². The second kappa shape index (κ2) is 6.33. The van der Waals surface area contributed by atoms with Gasteiger partial charge in [-0.2, -0.15) is 0 Å². The minimum atomic E-state index is -0.519. The number of hydrogen-bond donors (Lipinski definition) is 2. The molecule has 108 valence electrons. The first-order valence-electron chi connectivity index (χ1n) is 6.43. The van der Waals surface area contributed by atoms with Crippen molar-refractivity contribution in [2.75, 3.05) is 26.7 Å². The van der Waals surface area contributed by atoms with Gasteiger partial charge >= 0.3 is 0 Å². The number of ether oxygens (including phenoxy) is 1. The molecule has 1 saturated heterocycles. The van der Waals surface area contributed by atoms with E-state index in [1.807, 2.05) is 0 Å². The molecule has 1 aromatic carbocycles. The summed E-state index contributed by atoms with van der Waals surface area (Å²) in [6, 6.07) is 3.97. The van der Waals surface area contributed by atoms with E-state index in [9.17, 15) is 14.9 Å². The van der Waals surface area contributed by atoms with Crippen LogP contribution in [0.1, 0.15) is 16.8 Å². The maximum absolute atomic E-state index is 12.1. The number of rotatable bonds is 5. The fourth-order valence-corrected chi connectivity index (χ4v) is 2.20. The third-order valence-electron chi connectivity index (χ3n) is 3.35. The SMILES string of the molecule is COc1cc([N+](=O)[O-])ccc1C(=O)NCC1CCNC1. The van der Waals surface area contributed by atoms with Crippen LogP contribution in [0.3, 0.4) is 0 Å². The Morgan fingerprint density at radius 3 is 3.00 bits per heavy atom. The molecule has 1 aliphatic heterocycles. The number of methoxy groups -OCH3 is 1. The largest absolute Gasteiger partial charge is 0.496 e. The number of amides is 1. The molecule has 2 N–H and O–H groups in total. The Morgan fingerprint density at radius 1 is 1.60 bits per heavy atom. The number of nitrogens with one attached hydrogen (secondary N) is 2. The molecule has 0 aliphatic carbocycles. The van der Waals surface area contributed by atoms with Crippen LogP contribution in [0.4, 0.5) is 5.69 Å². The molecular formula is C13H17N3O4. The van der Waals surface area contributed by atoms with Gasteiger partial charge in [-0.1, -0.05) is 0 Å². The summed E-state index contributed by atoms with van der Waals surface area (Å²) in [5, 5.41) is 16.8. The molecular weight excluding hydrogens is 262 g/mol. The van der Waals surface area contributed by atoms with E-state index < -0.39 is 4.92 Å². The molecule has 1 aliphatic rings. The summed E-state index contributed by atoms with van der Waals surface area (Å²) in [6.45, 7) is 2.46. The lowest BCUT2D eigenvalue weighted by atomic mass is 10.1. The Morgan fingerprint density at radius 2 is 2.40 bits per heavy atom. The highest BCUT2D eigenvalue weighted by Crippen LogP contribution is 2.24. The molecule has 0 spiro atoms. The van der Waals surface area contributed by atoms with Crippen LogP contribution >= 0.6 is 0 Å². The molecule has 7 nitrogen and oxygen atoms in total. The van der Waals surface area contributed by atoms with Crippen molar-refractivity contribution < 1.29 is 14.5 Å². The van der Waals surface area contributed by atoms with Crippen molar-refractivity contribution >= 4 is 11.6 Å². The van der Waals surface area contributed by atoms with Gasteiger partial charge in [-0.25, -0.2) is 0 Å². The second-order valence-corrected chi connectivity index (χ2v) is 4.71. The van der Waals surface area contributed by atoms with Gasteiger partial charge < -0.3 is 15.4 Å². The summed E-state index contributed by atoms with van der Waals surface area (Å²) < 4.78 is 5.05. The van der Waals surface area contributed by atoms with Crippen LogP contribution < -0.4 is 15.4 Å². The molecule has 1 atom stereocenters. The second-order valence-electron chi connectivity index (χ2n) is 4.71. The number of nitro groups is 1. The smallest absolute Gasteiger partial charge is 0.273 e. The first kappa shape index (κ1) is 14.3. The quantitative estimate of drug-likeness (QED) is 0.618. The molecule has 0 aromatic heterocycles. The number of non-ortho nitro benzene ring substituents is 1. The average molecular weight is 279 g/mol. The molecule has 1 heterocycles. The zero-order chi connectivity index (χ0) is 14.5. The minimum Gasteiger partial charge on any atom is -0.496 e. The molecule has 0 radical (unpaired) electrons. The number of benzene rings is 1. The van der Waals surface area contributed by atoms with Gasteiger partial charge in [0.1, 0.15) is 5.75 Å². The van der Waals surface area contributed by atoms with Crippen molar-refractivity contribution in [2.24, 2.45) is 5.92 Å². The van der Waals surface area contributed by atoms with Gasteiger partial charge in [0.05, 0.1) is 23.7 Å². The summed E-state index contributed by atoms with van der Waals surface area (Å²) in [4.78, 5) is 22.3. The first-order chi connectivity index (χ1) is 9.61. The van der Waals surface area contributed by atoms with E-state index in [-0.39, 0.29) is 17.3 Å². The molecule has 0 saturated carbocycles. The molecule has 7 heteroatoms. The molecule has 2 rings (SSSR count). The molecule has 20 heavy (non-hydrogen) atoms. The fraction of sp³-hybridized carbons (Fsp3) is 0.462. The lowest BCUT2D eigenvalue weighted by Crippen LogP contribution is -2.30. The topological polar surface area (TPSA) is 93.5 Å². The van der Waals surface area contributed by atoms with Crippen molar-refractivity contribution in [1.29, 1.82) is 0 Å². The summed E-state index contributed by atoms with van der Waals surface area (Å²) in [5.41, 5.74) is 0.211. The lowest BCUT2D eigenvalue weighted by molar-refractivity contribution is -0.384. The predicted octanol–water partition coefficient (Wildman–Crippen LogP) is 0.943. The van der Waals surface area contributed by atoms with Gasteiger partial charge in [-0.15, -0.1) is 0 Å². The minimum absolute atomic E-state index is 0.0987. The van der Waals surface area contributed by atoms with E-state index in [0.29, 0.717) is 18.0 Å². The maximum Gasteiger partial charge on any atom is 0.273 e. The Kier molecular flexibility index (Phi) is 4.52. The maximum atomic E-state index is 12.1. The van der Waals surface area contributed by atoms with Crippen molar-refractivity contribution in [2.45, 2.75) is 6.42 Å². The highest BCUT2D eigenvalue weighted by molar-refractivity contribution is 5.97. The van der Waals surface area contributed by atoms with Crippen molar-refractivity contribution in [3.05, 3.63) is 33.9 Å². The Labute approximate surface area is 116 Å². The molecule has 0 bridgehead atoms. The summed E-state index contributed by atoms with van der Waals surface area (Å²) in [6.07, 6.45) is 1.04. The predicted molar refractivity (Wildman–Crippen MR) is 73.0 cm³/mol.